The zero-order valence-electron chi connectivity index (χ0n) is 11.7. The first-order valence-corrected chi connectivity index (χ1v) is 7.67. The van der Waals surface area contributed by atoms with E-state index in [4.69, 9.17) is 16.3 Å². The first kappa shape index (κ1) is 14.4. The lowest BCUT2D eigenvalue weighted by molar-refractivity contribution is 0.396. The standard InChI is InChI=1S/C17H13BrClNO/c1-10-16(11-4-3-5-13(19)8-11)14-9-12(18)6-7-15(14)20-17(10)21-2/h3-9H,1-2H3. The van der Waals surface area contributed by atoms with Gasteiger partial charge in [-0.3, -0.25) is 0 Å². The van der Waals surface area contributed by atoms with Gasteiger partial charge in [0.25, 0.3) is 0 Å². The number of aromatic nitrogens is 1. The molecule has 0 aliphatic carbocycles. The van der Waals surface area contributed by atoms with Crippen molar-refractivity contribution in [2.45, 2.75) is 6.92 Å². The van der Waals surface area contributed by atoms with Crippen LogP contribution in [0.25, 0.3) is 22.0 Å². The number of pyridine rings is 1. The Morgan fingerprint density at radius 3 is 2.67 bits per heavy atom. The number of hydrogen-bond donors (Lipinski definition) is 0. The van der Waals surface area contributed by atoms with Crippen LogP contribution in [0.3, 0.4) is 0 Å². The summed E-state index contributed by atoms with van der Waals surface area (Å²) < 4.78 is 6.44. The van der Waals surface area contributed by atoms with Gasteiger partial charge in [0.1, 0.15) is 0 Å². The Labute approximate surface area is 136 Å². The van der Waals surface area contributed by atoms with E-state index in [1.54, 1.807) is 7.11 Å². The van der Waals surface area contributed by atoms with E-state index in [1.807, 2.05) is 43.3 Å². The summed E-state index contributed by atoms with van der Waals surface area (Å²) in [5.74, 6) is 0.639. The fourth-order valence-electron chi connectivity index (χ4n) is 2.52. The first-order chi connectivity index (χ1) is 10.1. The van der Waals surface area contributed by atoms with Gasteiger partial charge in [-0.2, -0.15) is 0 Å². The van der Waals surface area contributed by atoms with Crippen molar-refractivity contribution in [1.29, 1.82) is 0 Å². The van der Waals surface area contributed by atoms with Crippen molar-refractivity contribution in [3.8, 4) is 17.0 Å². The smallest absolute Gasteiger partial charge is 0.217 e. The van der Waals surface area contributed by atoms with Crippen LogP contribution in [-0.2, 0) is 0 Å². The molecule has 0 amide bonds. The van der Waals surface area contributed by atoms with E-state index in [0.29, 0.717) is 10.9 Å². The van der Waals surface area contributed by atoms with E-state index in [0.717, 1.165) is 32.1 Å². The van der Waals surface area contributed by atoms with Gasteiger partial charge >= 0.3 is 0 Å². The van der Waals surface area contributed by atoms with Crippen LogP contribution in [0.15, 0.2) is 46.9 Å². The van der Waals surface area contributed by atoms with Crippen LogP contribution in [0, 0.1) is 6.92 Å². The molecule has 1 heterocycles. The van der Waals surface area contributed by atoms with Crippen LogP contribution in [0.4, 0.5) is 0 Å². The Balaban J connectivity index is 2.43. The largest absolute Gasteiger partial charge is 0.481 e. The molecule has 1 aromatic heterocycles. The molecule has 0 spiro atoms. The average molecular weight is 363 g/mol. The zero-order valence-corrected chi connectivity index (χ0v) is 14.0. The fourth-order valence-corrected chi connectivity index (χ4v) is 3.07. The fraction of sp³-hybridized carbons (Fsp3) is 0.118. The molecule has 0 unspecified atom stereocenters. The highest BCUT2D eigenvalue weighted by Crippen LogP contribution is 2.37. The number of nitrogens with zero attached hydrogens (tertiary/aromatic N) is 1. The highest BCUT2D eigenvalue weighted by atomic mass is 79.9. The summed E-state index contributed by atoms with van der Waals surface area (Å²) in [5, 5.41) is 1.79. The van der Waals surface area contributed by atoms with E-state index in [1.165, 1.54) is 0 Å². The van der Waals surface area contributed by atoms with E-state index >= 15 is 0 Å². The van der Waals surface area contributed by atoms with E-state index in [-0.39, 0.29) is 0 Å². The molecule has 4 heteroatoms. The summed E-state index contributed by atoms with van der Waals surface area (Å²) in [6, 6.07) is 13.9. The summed E-state index contributed by atoms with van der Waals surface area (Å²) in [5.41, 5.74) is 4.06. The number of hydrogen-bond acceptors (Lipinski definition) is 2. The SMILES string of the molecule is COc1nc2ccc(Br)cc2c(-c2cccc(Cl)c2)c1C. The second-order valence-corrected chi connectivity index (χ2v) is 6.15. The Morgan fingerprint density at radius 2 is 1.95 bits per heavy atom. The van der Waals surface area contributed by atoms with Gasteiger partial charge in [-0.25, -0.2) is 4.98 Å². The van der Waals surface area contributed by atoms with Gasteiger partial charge in [-0.1, -0.05) is 39.7 Å². The molecule has 0 radical (unpaired) electrons. The van der Waals surface area contributed by atoms with Crippen molar-refractivity contribution in [2.75, 3.05) is 7.11 Å². The highest BCUT2D eigenvalue weighted by Gasteiger charge is 2.14. The molecule has 0 atom stereocenters. The second-order valence-electron chi connectivity index (χ2n) is 4.79. The Bertz CT molecular complexity index is 832. The van der Waals surface area contributed by atoms with Crippen LogP contribution in [0.2, 0.25) is 5.02 Å². The monoisotopic (exact) mass is 361 g/mol. The maximum atomic E-state index is 6.15. The second kappa shape index (κ2) is 5.66. The van der Waals surface area contributed by atoms with Crippen LogP contribution in [0.5, 0.6) is 5.88 Å². The Kier molecular flexibility index (Phi) is 3.87. The third-order valence-electron chi connectivity index (χ3n) is 3.45. The van der Waals surface area contributed by atoms with E-state index in [2.05, 4.69) is 27.0 Å². The number of ether oxygens (including phenoxy) is 1. The molecular formula is C17H13BrClNO. The van der Waals surface area contributed by atoms with Crippen molar-refractivity contribution >= 4 is 38.4 Å². The van der Waals surface area contributed by atoms with Crippen LogP contribution in [-0.4, -0.2) is 12.1 Å². The molecular weight excluding hydrogens is 350 g/mol. The van der Waals surface area contributed by atoms with Gasteiger partial charge in [0.2, 0.25) is 5.88 Å². The van der Waals surface area contributed by atoms with Crippen molar-refractivity contribution in [1.82, 2.24) is 4.98 Å². The Morgan fingerprint density at radius 1 is 1.14 bits per heavy atom. The van der Waals surface area contributed by atoms with Crippen molar-refractivity contribution in [3.63, 3.8) is 0 Å². The first-order valence-electron chi connectivity index (χ1n) is 6.50. The van der Waals surface area contributed by atoms with Gasteiger partial charge in [0.15, 0.2) is 0 Å². The van der Waals surface area contributed by atoms with Gasteiger partial charge in [-0.05, 0) is 48.4 Å². The third-order valence-corrected chi connectivity index (χ3v) is 4.18. The zero-order chi connectivity index (χ0) is 15.0. The van der Waals surface area contributed by atoms with Crippen molar-refractivity contribution < 1.29 is 4.74 Å². The minimum atomic E-state index is 0.639. The molecule has 3 rings (SSSR count). The minimum Gasteiger partial charge on any atom is -0.481 e. The average Bonchev–Trinajstić information content (AvgIpc) is 2.46. The number of halogens is 2. The maximum absolute atomic E-state index is 6.15. The predicted octanol–water partition coefficient (Wildman–Crippen LogP) is 5.63. The molecule has 2 nitrogen and oxygen atoms in total. The Hall–Kier alpha value is -1.58. The molecule has 0 bridgehead atoms. The maximum Gasteiger partial charge on any atom is 0.217 e. The molecule has 0 N–H and O–H groups in total. The predicted molar refractivity (Wildman–Crippen MR) is 91.2 cm³/mol. The summed E-state index contributed by atoms with van der Waals surface area (Å²) in [6.45, 7) is 2.02. The molecule has 21 heavy (non-hydrogen) atoms. The molecule has 3 aromatic rings. The van der Waals surface area contributed by atoms with E-state index < -0.39 is 0 Å². The highest BCUT2D eigenvalue weighted by molar-refractivity contribution is 9.10. The van der Waals surface area contributed by atoms with E-state index in [9.17, 15) is 0 Å². The number of fused-ring (bicyclic) bond motifs is 1. The molecule has 0 saturated carbocycles. The molecule has 0 aliphatic rings. The van der Waals surface area contributed by atoms with Gasteiger partial charge in [0, 0.05) is 20.4 Å². The minimum absolute atomic E-state index is 0.639. The van der Waals surface area contributed by atoms with Crippen molar-refractivity contribution in [3.05, 3.63) is 57.5 Å². The molecule has 2 aromatic carbocycles. The summed E-state index contributed by atoms with van der Waals surface area (Å²) in [4.78, 5) is 4.57. The number of methoxy groups -OCH3 is 1. The number of rotatable bonds is 2. The molecule has 0 aliphatic heterocycles. The number of benzene rings is 2. The molecule has 0 fully saturated rings. The molecule has 0 saturated heterocycles. The lowest BCUT2D eigenvalue weighted by Gasteiger charge is -2.14. The lowest BCUT2D eigenvalue weighted by atomic mass is 9.97. The van der Waals surface area contributed by atoms with Crippen molar-refractivity contribution in [2.24, 2.45) is 0 Å². The van der Waals surface area contributed by atoms with Gasteiger partial charge < -0.3 is 4.74 Å². The molecule has 106 valence electrons. The summed E-state index contributed by atoms with van der Waals surface area (Å²) >= 11 is 9.68. The van der Waals surface area contributed by atoms with Crippen LogP contribution >= 0.6 is 27.5 Å². The summed E-state index contributed by atoms with van der Waals surface area (Å²) in [7, 11) is 1.64. The van der Waals surface area contributed by atoms with Crippen LogP contribution < -0.4 is 4.74 Å². The lowest BCUT2D eigenvalue weighted by Crippen LogP contribution is -1.96. The summed E-state index contributed by atoms with van der Waals surface area (Å²) in [6.07, 6.45) is 0. The van der Waals surface area contributed by atoms with Crippen LogP contribution in [0.1, 0.15) is 5.56 Å². The topological polar surface area (TPSA) is 22.1 Å². The van der Waals surface area contributed by atoms with Gasteiger partial charge in [-0.15, -0.1) is 0 Å². The quantitative estimate of drug-likeness (QED) is 0.589. The normalized spacial score (nSPS) is 10.9. The third kappa shape index (κ3) is 2.63. The van der Waals surface area contributed by atoms with Gasteiger partial charge in [0.05, 0.1) is 12.6 Å².